The van der Waals surface area contributed by atoms with Crippen LogP contribution in [0.15, 0.2) is 0 Å². The summed E-state index contributed by atoms with van der Waals surface area (Å²) < 4.78 is 16.3. The Morgan fingerprint density at radius 2 is 2.12 bits per heavy atom. The zero-order valence-corrected chi connectivity index (χ0v) is 11.3. The van der Waals surface area contributed by atoms with Crippen LogP contribution >= 0.6 is 0 Å². The van der Waals surface area contributed by atoms with Gasteiger partial charge in [0.15, 0.2) is 0 Å². The lowest BCUT2D eigenvalue weighted by Crippen LogP contribution is -2.55. The van der Waals surface area contributed by atoms with Gasteiger partial charge in [0.05, 0.1) is 31.5 Å². The quantitative estimate of drug-likeness (QED) is 0.645. The highest BCUT2D eigenvalue weighted by Gasteiger charge is 2.32. The van der Waals surface area contributed by atoms with E-state index in [-0.39, 0.29) is 11.7 Å². The molecule has 0 radical (unpaired) electrons. The minimum Gasteiger partial charge on any atom is -0.382 e. The molecule has 0 aromatic heterocycles. The maximum atomic E-state index is 5.87. The van der Waals surface area contributed by atoms with Gasteiger partial charge in [0.2, 0.25) is 0 Å². The van der Waals surface area contributed by atoms with Gasteiger partial charge in [-0.1, -0.05) is 0 Å². The van der Waals surface area contributed by atoms with Gasteiger partial charge in [-0.15, -0.1) is 0 Å². The monoisotopic (exact) mass is 246 g/mol. The molecule has 0 saturated carbocycles. The minimum absolute atomic E-state index is 0.116. The molecule has 0 aromatic carbocycles. The topological polar surface area (TPSA) is 57.0 Å². The Balaban J connectivity index is 2.23. The van der Waals surface area contributed by atoms with Crippen molar-refractivity contribution in [2.24, 2.45) is 5.73 Å². The number of hydrogen-bond acceptors (Lipinski definition) is 5. The minimum atomic E-state index is -0.116. The van der Waals surface area contributed by atoms with E-state index in [1.165, 1.54) is 0 Å². The van der Waals surface area contributed by atoms with Crippen molar-refractivity contribution in [3.63, 3.8) is 0 Å². The smallest absolute Gasteiger partial charge is 0.0831 e. The second-order valence-electron chi connectivity index (χ2n) is 5.08. The second kappa shape index (κ2) is 7.28. The van der Waals surface area contributed by atoms with E-state index in [4.69, 9.17) is 19.9 Å². The first kappa shape index (κ1) is 14.9. The van der Waals surface area contributed by atoms with Gasteiger partial charge in [-0.05, 0) is 13.8 Å². The van der Waals surface area contributed by atoms with Crippen molar-refractivity contribution in [2.75, 3.05) is 53.1 Å². The Morgan fingerprint density at radius 1 is 1.35 bits per heavy atom. The van der Waals surface area contributed by atoms with Crippen LogP contribution in [0.2, 0.25) is 0 Å². The van der Waals surface area contributed by atoms with Crippen molar-refractivity contribution in [1.29, 1.82) is 0 Å². The molecule has 0 bridgehead atoms. The van der Waals surface area contributed by atoms with Crippen LogP contribution in [-0.4, -0.2) is 69.7 Å². The number of nitrogens with two attached hydrogens (primary N) is 1. The molecule has 2 N–H and O–H groups in total. The maximum absolute atomic E-state index is 5.87. The lowest BCUT2D eigenvalue weighted by Gasteiger charge is -2.42. The summed E-state index contributed by atoms with van der Waals surface area (Å²) in [5.74, 6) is 0. The van der Waals surface area contributed by atoms with Crippen LogP contribution in [0.4, 0.5) is 0 Å². The first-order valence-electron chi connectivity index (χ1n) is 6.24. The molecule has 1 saturated heterocycles. The van der Waals surface area contributed by atoms with E-state index in [0.717, 1.165) is 26.2 Å². The lowest BCUT2D eigenvalue weighted by molar-refractivity contribution is -0.134. The number of hydrogen-bond donors (Lipinski definition) is 1. The van der Waals surface area contributed by atoms with Crippen LogP contribution in [0, 0.1) is 0 Å². The van der Waals surface area contributed by atoms with Crippen LogP contribution in [0.25, 0.3) is 0 Å². The first-order valence-corrected chi connectivity index (χ1v) is 6.24. The molecule has 1 heterocycles. The van der Waals surface area contributed by atoms with E-state index in [9.17, 15) is 0 Å². The van der Waals surface area contributed by atoms with E-state index in [2.05, 4.69) is 18.7 Å². The molecule has 1 atom stereocenters. The Morgan fingerprint density at radius 3 is 2.76 bits per heavy atom. The average Bonchev–Trinajstić information content (AvgIpc) is 2.26. The third-order valence-electron chi connectivity index (χ3n) is 2.80. The fraction of sp³-hybridized carbons (Fsp3) is 1.00. The van der Waals surface area contributed by atoms with Crippen molar-refractivity contribution in [2.45, 2.75) is 25.6 Å². The molecule has 1 rings (SSSR count). The van der Waals surface area contributed by atoms with Gasteiger partial charge in [-0.25, -0.2) is 0 Å². The van der Waals surface area contributed by atoms with Crippen LogP contribution in [0.3, 0.4) is 0 Å². The summed E-state index contributed by atoms with van der Waals surface area (Å²) >= 11 is 0. The van der Waals surface area contributed by atoms with Gasteiger partial charge < -0.3 is 19.9 Å². The molecule has 1 unspecified atom stereocenters. The molecule has 5 nitrogen and oxygen atoms in total. The van der Waals surface area contributed by atoms with Gasteiger partial charge >= 0.3 is 0 Å². The summed E-state index contributed by atoms with van der Waals surface area (Å²) in [5, 5.41) is 0. The maximum Gasteiger partial charge on any atom is 0.0831 e. The Hall–Kier alpha value is -0.200. The third kappa shape index (κ3) is 5.79. The summed E-state index contributed by atoms with van der Waals surface area (Å²) in [5.41, 5.74) is 5.57. The molecule has 1 fully saturated rings. The van der Waals surface area contributed by atoms with E-state index in [1.54, 1.807) is 7.11 Å². The predicted molar refractivity (Wildman–Crippen MR) is 67.1 cm³/mol. The van der Waals surface area contributed by atoms with Gasteiger partial charge in [0.25, 0.3) is 0 Å². The molecule has 17 heavy (non-hydrogen) atoms. The van der Waals surface area contributed by atoms with Gasteiger partial charge in [0, 0.05) is 33.3 Å². The van der Waals surface area contributed by atoms with Crippen molar-refractivity contribution >= 4 is 0 Å². The number of nitrogens with zero attached hydrogens (tertiary/aromatic N) is 1. The molecule has 0 aliphatic carbocycles. The summed E-state index contributed by atoms with van der Waals surface area (Å²) in [6.45, 7) is 9.57. The Bertz CT molecular complexity index is 212. The summed E-state index contributed by atoms with van der Waals surface area (Å²) in [6.07, 6.45) is 0.137. The Labute approximate surface area is 104 Å². The van der Waals surface area contributed by atoms with Crippen LogP contribution in [-0.2, 0) is 14.2 Å². The number of methoxy groups -OCH3 is 1. The fourth-order valence-electron chi connectivity index (χ4n) is 2.15. The first-order chi connectivity index (χ1) is 8.07. The molecule has 1 aliphatic heterocycles. The Kier molecular flexibility index (Phi) is 6.37. The van der Waals surface area contributed by atoms with E-state index >= 15 is 0 Å². The number of rotatable bonds is 7. The van der Waals surface area contributed by atoms with Crippen LogP contribution in [0.5, 0.6) is 0 Å². The number of morpholine rings is 1. The van der Waals surface area contributed by atoms with Crippen LogP contribution < -0.4 is 5.73 Å². The molecular weight excluding hydrogens is 220 g/mol. The molecule has 1 aliphatic rings. The van der Waals surface area contributed by atoms with Crippen molar-refractivity contribution in [3.8, 4) is 0 Å². The zero-order valence-electron chi connectivity index (χ0n) is 11.3. The lowest BCUT2D eigenvalue weighted by atomic mass is 10.1. The standard InChI is InChI=1S/C12H26N2O3/c1-12(2)10-14(9-11(8-13)17-12)4-5-16-7-6-15-3/h11H,4-10,13H2,1-3H3. The third-order valence-corrected chi connectivity index (χ3v) is 2.80. The van der Waals surface area contributed by atoms with Crippen molar-refractivity contribution in [1.82, 2.24) is 4.90 Å². The summed E-state index contributed by atoms with van der Waals surface area (Å²) in [6, 6.07) is 0. The fourth-order valence-corrected chi connectivity index (χ4v) is 2.15. The van der Waals surface area contributed by atoms with Gasteiger partial charge in [0.1, 0.15) is 0 Å². The SMILES string of the molecule is COCCOCCN1CC(CN)OC(C)(C)C1. The van der Waals surface area contributed by atoms with Gasteiger partial charge in [-0.2, -0.15) is 0 Å². The molecular formula is C12H26N2O3. The largest absolute Gasteiger partial charge is 0.382 e. The molecule has 0 amide bonds. The summed E-state index contributed by atoms with van der Waals surface area (Å²) in [7, 11) is 1.68. The van der Waals surface area contributed by atoms with E-state index in [1.807, 2.05) is 0 Å². The second-order valence-corrected chi connectivity index (χ2v) is 5.08. The molecule has 102 valence electrons. The zero-order chi connectivity index (χ0) is 12.7. The normalized spacial score (nSPS) is 25.1. The van der Waals surface area contributed by atoms with E-state index in [0.29, 0.717) is 19.8 Å². The number of ether oxygens (including phenoxy) is 3. The molecule has 0 spiro atoms. The highest BCUT2D eigenvalue weighted by atomic mass is 16.5. The average molecular weight is 246 g/mol. The van der Waals surface area contributed by atoms with Crippen molar-refractivity contribution in [3.05, 3.63) is 0 Å². The van der Waals surface area contributed by atoms with Gasteiger partial charge in [-0.3, -0.25) is 4.90 Å². The highest BCUT2D eigenvalue weighted by Crippen LogP contribution is 2.20. The van der Waals surface area contributed by atoms with E-state index < -0.39 is 0 Å². The molecule has 5 heteroatoms. The highest BCUT2D eigenvalue weighted by molar-refractivity contribution is 4.84. The predicted octanol–water partition coefficient (Wildman–Crippen LogP) is 0.0875. The van der Waals surface area contributed by atoms with Crippen molar-refractivity contribution < 1.29 is 14.2 Å². The van der Waals surface area contributed by atoms with Crippen LogP contribution in [0.1, 0.15) is 13.8 Å². The summed E-state index contributed by atoms with van der Waals surface area (Å²) in [4.78, 5) is 2.35. The molecule has 0 aromatic rings.